The number of quaternary nitrogens is 1. The number of hydrogen-bond donors (Lipinski definition) is 2. The van der Waals surface area contributed by atoms with Crippen molar-refractivity contribution in [1.82, 2.24) is 0 Å². The molecule has 0 radical (unpaired) electrons. The summed E-state index contributed by atoms with van der Waals surface area (Å²) in [5.74, 6) is 0. The fourth-order valence-electron chi connectivity index (χ4n) is 0.300. The largest absolute Gasteiger partial charge is 2.00 e. The Morgan fingerprint density at radius 3 is 1.33 bits per heavy atom. The van der Waals surface area contributed by atoms with E-state index < -0.39 is 4.30 Å². The van der Waals surface area contributed by atoms with Gasteiger partial charge in [-0.05, 0) is 0 Å². The second-order valence-corrected chi connectivity index (χ2v) is 4.96. The molecule has 96 valence electrons. The van der Waals surface area contributed by atoms with Crippen LogP contribution in [-0.4, -0.2) is 115 Å². The summed E-state index contributed by atoms with van der Waals surface area (Å²) in [7, 11) is 7.16. The van der Waals surface area contributed by atoms with Crippen molar-refractivity contribution >= 4 is 83.7 Å². The molecule has 0 aromatic carbocycles. The van der Waals surface area contributed by atoms with Gasteiger partial charge < -0.3 is 23.0 Å². The number of nitrogens with zero attached hydrogens (tertiary/aromatic N) is 1. The minimum absolute atomic E-state index is 0. The minimum Gasteiger partial charge on any atom is -1.00 e. The van der Waals surface area contributed by atoms with E-state index in [0.717, 1.165) is 18.1 Å². The minimum atomic E-state index is -0.750. The monoisotopic (exact) mass is 411 g/mol. The molecule has 15 heavy (non-hydrogen) atoms. The molecular formula is C7H22BaCl3NO3. The third kappa shape index (κ3) is 84.2. The Bertz CT molecular complexity index is 100. The quantitative estimate of drug-likeness (QED) is 0.404. The number of aliphatic hydroxyl groups is 2. The number of rotatable bonds is 2. The van der Waals surface area contributed by atoms with Crippen LogP contribution in [0.4, 0.5) is 0 Å². The van der Waals surface area contributed by atoms with E-state index in [2.05, 4.69) is 21.1 Å². The number of halogens is 3. The molecular weight excluding hydrogens is 390 g/mol. The maximum Gasteiger partial charge on any atom is 2.00 e. The number of aliphatic hydroxyl groups excluding tert-OH is 2. The standard InChI is InChI=1S/C5H14NO.CHCl3.CH4O.Ba.H2O.2H/c1-6(2,3)4-5-7;2-1(3)4;1-2;;;;/h7H,4-5H2,1-3H3;1H;2H,1H3;;1H2;;/q+1;;;+2;;2*-1/p-1. The van der Waals surface area contributed by atoms with Crippen LogP contribution >= 0.6 is 34.8 Å². The van der Waals surface area contributed by atoms with Crippen molar-refractivity contribution in [2.75, 3.05) is 41.4 Å². The van der Waals surface area contributed by atoms with Crippen LogP contribution in [0.15, 0.2) is 0 Å². The van der Waals surface area contributed by atoms with Gasteiger partial charge in [-0.15, -0.1) is 0 Å². The SMILES string of the molecule is CO.C[N+](C)(C)CCO.ClC(Cl)Cl.[Ba+2].[H-].[H-].[OH-]. The van der Waals surface area contributed by atoms with Gasteiger partial charge in [-0.2, -0.15) is 0 Å². The van der Waals surface area contributed by atoms with Gasteiger partial charge in [0.05, 0.1) is 27.7 Å². The molecule has 0 bridgehead atoms. The van der Waals surface area contributed by atoms with Gasteiger partial charge in [0.15, 0.2) is 4.30 Å². The van der Waals surface area contributed by atoms with Crippen LogP contribution in [-0.2, 0) is 0 Å². The van der Waals surface area contributed by atoms with Crippen LogP contribution < -0.4 is 0 Å². The molecule has 8 heteroatoms. The van der Waals surface area contributed by atoms with Gasteiger partial charge in [-0.1, -0.05) is 34.8 Å². The van der Waals surface area contributed by atoms with Crippen LogP contribution in [0.1, 0.15) is 2.85 Å². The van der Waals surface area contributed by atoms with Gasteiger partial charge in [0.25, 0.3) is 0 Å². The summed E-state index contributed by atoms with van der Waals surface area (Å²) in [4.78, 5) is 0. The zero-order valence-electron chi connectivity index (χ0n) is 11.6. The van der Waals surface area contributed by atoms with Gasteiger partial charge in [-0.3, -0.25) is 0 Å². The Balaban J connectivity index is -0.0000000179. The molecule has 0 aliphatic carbocycles. The molecule has 0 atom stereocenters. The second-order valence-electron chi connectivity index (χ2n) is 2.98. The van der Waals surface area contributed by atoms with Gasteiger partial charge in [0, 0.05) is 7.11 Å². The normalized spacial score (nSPS) is 8.40. The molecule has 0 amide bonds. The van der Waals surface area contributed by atoms with Crippen molar-refractivity contribution < 1.29 is 23.0 Å². The zero-order valence-corrected chi connectivity index (χ0v) is 16.3. The van der Waals surface area contributed by atoms with Gasteiger partial charge in [0.2, 0.25) is 0 Å². The fourth-order valence-corrected chi connectivity index (χ4v) is 0.300. The predicted octanol–water partition coefficient (Wildman–Crippen LogP) is 0.947. The van der Waals surface area contributed by atoms with E-state index in [1.54, 1.807) is 0 Å². The van der Waals surface area contributed by atoms with E-state index in [1.807, 2.05) is 0 Å². The summed E-state index contributed by atoms with van der Waals surface area (Å²) in [5, 5.41) is 15.4. The van der Waals surface area contributed by atoms with Crippen molar-refractivity contribution in [1.29, 1.82) is 0 Å². The Hall–Kier alpha value is 2.28. The molecule has 0 heterocycles. The van der Waals surface area contributed by atoms with Crippen LogP contribution in [0, 0.1) is 0 Å². The van der Waals surface area contributed by atoms with Crippen molar-refractivity contribution in [2.24, 2.45) is 0 Å². The van der Waals surface area contributed by atoms with E-state index in [-0.39, 0.29) is 63.8 Å². The molecule has 0 spiro atoms. The molecule has 0 aliphatic heterocycles. The average Bonchev–Trinajstić information content (AvgIpc) is 1.87. The van der Waals surface area contributed by atoms with Crippen LogP contribution in [0.5, 0.6) is 0 Å². The smallest absolute Gasteiger partial charge is 1.00 e. The first-order valence-corrected chi connectivity index (χ1v) is 4.89. The third-order valence-corrected chi connectivity index (χ3v) is 0.771. The topological polar surface area (TPSA) is 70.5 Å². The van der Waals surface area contributed by atoms with Crippen LogP contribution in [0.2, 0.25) is 0 Å². The van der Waals surface area contributed by atoms with E-state index in [4.69, 9.17) is 45.0 Å². The number of alkyl halides is 3. The summed E-state index contributed by atoms with van der Waals surface area (Å²) >= 11 is 14.4. The second kappa shape index (κ2) is 21.6. The summed E-state index contributed by atoms with van der Waals surface area (Å²) in [6, 6.07) is 0. The Kier molecular flexibility index (Phi) is 43.6. The molecule has 0 unspecified atom stereocenters. The van der Waals surface area contributed by atoms with E-state index in [1.165, 1.54) is 0 Å². The van der Waals surface area contributed by atoms with Crippen LogP contribution in [0.3, 0.4) is 0 Å². The molecule has 0 aliphatic rings. The van der Waals surface area contributed by atoms with E-state index in [0.29, 0.717) is 0 Å². The van der Waals surface area contributed by atoms with Crippen LogP contribution in [0.25, 0.3) is 0 Å². The van der Waals surface area contributed by atoms with Gasteiger partial charge in [-0.25, -0.2) is 0 Å². The number of hydrogen-bond acceptors (Lipinski definition) is 3. The number of likely N-dealkylation sites (N-methyl/N-ethyl adjacent to an activating group) is 1. The zero-order chi connectivity index (χ0) is 11.5. The fraction of sp³-hybridized carbons (Fsp3) is 1.00. The van der Waals surface area contributed by atoms with Crippen molar-refractivity contribution in [2.45, 2.75) is 4.30 Å². The summed E-state index contributed by atoms with van der Waals surface area (Å²) in [6.45, 7) is 1.11. The summed E-state index contributed by atoms with van der Waals surface area (Å²) in [5.41, 5.74) is 0. The summed E-state index contributed by atoms with van der Waals surface area (Å²) in [6.07, 6.45) is 0. The predicted molar refractivity (Wildman–Crippen MR) is 69.4 cm³/mol. The Labute approximate surface area is 150 Å². The maximum absolute atomic E-state index is 8.39. The molecule has 0 aromatic heterocycles. The first-order valence-electron chi connectivity index (χ1n) is 3.58. The Morgan fingerprint density at radius 2 is 1.33 bits per heavy atom. The molecule has 3 N–H and O–H groups in total. The first-order chi connectivity index (χ1) is 5.79. The first kappa shape index (κ1) is 30.4. The maximum atomic E-state index is 8.39. The molecule has 0 fully saturated rings. The molecule has 0 rings (SSSR count). The van der Waals surface area contributed by atoms with Crippen molar-refractivity contribution in [3.8, 4) is 0 Å². The van der Waals surface area contributed by atoms with Crippen molar-refractivity contribution in [3.05, 3.63) is 0 Å². The van der Waals surface area contributed by atoms with E-state index in [9.17, 15) is 0 Å². The Morgan fingerprint density at radius 1 is 1.13 bits per heavy atom. The average molecular weight is 412 g/mol. The van der Waals surface area contributed by atoms with Gasteiger partial charge >= 0.3 is 48.9 Å². The molecule has 0 aromatic rings. The van der Waals surface area contributed by atoms with Crippen molar-refractivity contribution in [3.63, 3.8) is 0 Å². The molecule has 4 nitrogen and oxygen atoms in total. The molecule has 0 saturated heterocycles. The summed E-state index contributed by atoms with van der Waals surface area (Å²) < 4.78 is 0.0938. The molecule has 0 saturated carbocycles. The van der Waals surface area contributed by atoms with Gasteiger partial charge in [0.1, 0.15) is 6.54 Å². The third-order valence-electron chi connectivity index (χ3n) is 0.771. The van der Waals surface area contributed by atoms with E-state index >= 15 is 0 Å².